The number of methoxy groups -OCH3 is 3. The molecule has 3 rings (SSSR count). The molecule has 1 aromatic heterocycles. The number of hydrogen-bond donors (Lipinski definition) is 1. The average Bonchev–Trinajstić information content (AvgIpc) is 3.32. The van der Waals surface area contributed by atoms with Crippen molar-refractivity contribution in [1.29, 1.82) is 0 Å². The van der Waals surface area contributed by atoms with E-state index in [1.165, 1.54) is 11.3 Å². The number of hydrogen-bond acceptors (Lipinski definition) is 8. The Bertz CT molecular complexity index is 1050. The number of carbonyl (C=O) groups excluding carboxylic acids is 2. The highest BCUT2D eigenvalue weighted by Crippen LogP contribution is 2.27. The fourth-order valence-corrected chi connectivity index (χ4v) is 3.74. The standard InChI is InChI=1S/C23H26N4O5S/c1-30-15-14-27(22(29)17-6-10-19(32-3)11-7-17)13-12-20(28)24-23-26-25-21(33-23)16-4-8-18(31-2)9-5-16/h4-11H,12-15H2,1-3H3,(H,24,26,28). The Morgan fingerprint density at radius 1 is 0.909 bits per heavy atom. The monoisotopic (exact) mass is 470 g/mol. The highest BCUT2D eigenvalue weighted by Gasteiger charge is 2.18. The van der Waals surface area contributed by atoms with Crippen molar-refractivity contribution >= 4 is 28.3 Å². The number of ether oxygens (including phenoxy) is 3. The number of aromatic nitrogens is 2. The van der Waals surface area contributed by atoms with Crippen molar-refractivity contribution in [1.82, 2.24) is 15.1 Å². The van der Waals surface area contributed by atoms with E-state index in [0.717, 1.165) is 11.3 Å². The van der Waals surface area contributed by atoms with Crippen molar-refractivity contribution in [3.8, 4) is 22.1 Å². The minimum Gasteiger partial charge on any atom is -0.497 e. The second-order valence-electron chi connectivity index (χ2n) is 6.95. The first-order chi connectivity index (χ1) is 16.0. The van der Waals surface area contributed by atoms with Gasteiger partial charge in [-0.2, -0.15) is 0 Å². The number of carbonyl (C=O) groups is 2. The predicted molar refractivity (Wildman–Crippen MR) is 126 cm³/mol. The molecule has 10 heteroatoms. The van der Waals surface area contributed by atoms with Crippen LogP contribution in [0.15, 0.2) is 48.5 Å². The summed E-state index contributed by atoms with van der Waals surface area (Å²) >= 11 is 1.28. The number of benzene rings is 2. The normalized spacial score (nSPS) is 10.5. The SMILES string of the molecule is COCCN(CCC(=O)Nc1nnc(-c2ccc(OC)cc2)s1)C(=O)c1ccc(OC)cc1. The van der Waals surface area contributed by atoms with E-state index in [2.05, 4.69) is 15.5 Å². The van der Waals surface area contributed by atoms with E-state index in [4.69, 9.17) is 14.2 Å². The van der Waals surface area contributed by atoms with Gasteiger partial charge in [-0.15, -0.1) is 10.2 Å². The topological polar surface area (TPSA) is 103 Å². The number of nitrogens with one attached hydrogen (secondary N) is 1. The van der Waals surface area contributed by atoms with Gasteiger partial charge in [-0.25, -0.2) is 0 Å². The van der Waals surface area contributed by atoms with E-state index in [-0.39, 0.29) is 24.8 Å². The third-order valence-electron chi connectivity index (χ3n) is 4.81. The summed E-state index contributed by atoms with van der Waals surface area (Å²) in [4.78, 5) is 27.0. The molecule has 0 spiro atoms. The van der Waals surface area contributed by atoms with Gasteiger partial charge in [0.25, 0.3) is 5.91 Å². The van der Waals surface area contributed by atoms with E-state index >= 15 is 0 Å². The molecule has 2 aromatic carbocycles. The van der Waals surface area contributed by atoms with Crippen molar-refractivity contribution in [2.75, 3.05) is 46.3 Å². The molecule has 0 aliphatic carbocycles. The molecule has 0 atom stereocenters. The first kappa shape index (κ1) is 24.1. The molecule has 3 aromatic rings. The maximum Gasteiger partial charge on any atom is 0.253 e. The smallest absolute Gasteiger partial charge is 0.253 e. The van der Waals surface area contributed by atoms with Crippen LogP contribution < -0.4 is 14.8 Å². The molecule has 0 fully saturated rings. The quantitative estimate of drug-likeness (QED) is 0.458. The lowest BCUT2D eigenvalue weighted by Gasteiger charge is -2.22. The van der Waals surface area contributed by atoms with E-state index in [9.17, 15) is 9.59 Å². The highest BCUT2D eigenvalue weighted by molar-refractivity contribution is 7.18. The van der Waals surface area contributed by atoms with Gasteiger partial charge in [0.2, 0.25) is 11.0 Å². The largest absolute Gasteiger partial charge is 0.497 e. The summed E-state index contributed by atoms with van der Waals surface area (Å²) in [6.45, 7) is 0.977. The van der Waals surface area contributed by atoms with Crippen molar-refractivity contribution in [3.05, 3.63) is 54.1 Å². The molecule has 0 radical (unpaired) electrons. The number of anilines is 1. The maximum atomic E-state index is 12.9. The summed E-state index contributed by atoms with van der Waals surface area (Å²) in [5.74, 6) is 0.983. The Morgan fingerprint density at radius 2 is 1.55 bits per heavy atom. The van der Waals surface area contributed by atoms with Crippen LogP contribution in [0.25, 0.3) is 10.6 Å². The Hall–Kier alpha value is -3.50. The van der Waals surface area contributed by atoms with E-state index in [1.807, 2.05) is 24.3 Å². The highest BCUT2D eigenvalue weighted by atomic mass is 32.1. The van der Waals surface area contributed by atoms with Gasteiger partial charge < -0.3 is 24.4 Å². The lowest BCUT2D eigenvalue weighted by Crippen LogP contribution is -2.36. The summed E-state index contributed by atoms with van der Waals surface area (Å²) in [6.07, 6.45) is 0.114. The Morgan fingerprint density at radius 3 is 2.15 bits per heavy atom. The molecule has 2 amide bonds. The van der Waals surface area contributed by atoms with Crippen LogP contribution in [0, 0.1) is 0 Å². The predicted octanol–water partition coefficient (Wildman–Crippen LogP) is 3.34. The molecule has 174 valence electrons. The summed E-state index contributed by atoms with van der Waals surface area (Å²) < 4.78 is 15.4. The van der Waals surface area contributed by atoms with Gasteiger partial charge in [-0.1, -0.05) is 11.3 Å². The van der Waals surface area contributed by atoms with Gasteiger partial charge in [0.05, 0.1) is 20.8 Å². The fraction of sp³-hybridized carbons (Fsp3) is 0.304. The van der Waals surface area contributed by atoms with Crippen LogP contribution in [-0.2, 0) is 9.53 Å². The lowest BCUT2D eigenvalue weighted by molar-refractivity contribution is -0.116. The van der Waals surface area contributed by atoms with E-state index in [1.54, 1.807) is 50.5 Å². The van der Waals surface area contributed by atoms with Gasteiger partial charge >= 0.3 is 0 Å². The van der Waals surface area contributed by atoms with Crippen LogP contribution in [0.2, 0.25) is 0 Å². The van der Waals surface area contributed by atoms with Crippen LogP contribution in [0.3, 0.4) is 0 Å². The average molecular weight is 471 g/mol. The molecule has 1 N–H and O–H groups in total. The van der Waals surface area contributed by atoms with Crippen molar-refractivity contribution < 1.29 is 23.8 Å². The minimum atomic E-state index is -0.252. The van der Waals surface area contributed by atoms with Crippen LogP contribution in [0.5, 0.6) is 11.5 Å². The van der Waals surface area contributed by atoms with Crippen LogP contribution in [0.1, 0.15) is 16.8 Å². The van der Waals surface area contributed by atoms with Crippen LogP contribution in [-0.4, -0.2) is 67.9 Å². The molecule has 0 aliphatic rings. The molecule has 0 saturated carbocycles. The zero-order chi connectivity index (χ0) is 23.6. The number of amides is 2. The van der Waals surface area contributed by atoms with Crippen molar-refractivity contribution in [2.24, 2.45) is 0 Å². The van der Waals surface area contributed by atoms with Gasteiger partial charge in [0.15, 0.2) is 0 Å². The first-order valence-corrected chi connectivity index (χ1v) is 11.1. The number of nitrogens with zero attached hydrogens (tertiary/aromatic N) is 3. The van der Waals surface area contributed by atoms with Gasteiger partial charge in [0.1, 0.15) is 16.5 Å². The molecule has 0 bridgehead atoms. The van der Waals surface area contributed by atoms with Crippen LogP contribution in [0.4, 0.5) is 5.13 Å². The van der Waals surface area contributed by atoms with Crippen molar-refractivity contribution in [2.45, 2.75) is 6.42 Å². The summed E-state index contributed by atoms with van der Waals surface area (Å²) in [6, 6.07) is 14.3. The van der Waals surface area contributed by atoms with Crippen LogP contribution >= 0.6 is 11.3 Å². The second kappa shape index (κ2) is 11.9. The van der Waals surface area contributed by atoms with Gasteiger partial charge in [0, 0.05) is 37.7 Å². The van der Waals surface area contributed by atoms with Gasteiger partial charge in [-0.05, 0) is 48.5 Å². The number of rotatable bonds is 11. The summed E-state index contributed by atoms with van der Waals surface area (Å²) in [5, 5.41) is 12.0. The summed E-state index contributed by atoms with van der Waals surface area (Å²) in [7, 11) is 4.74. The summed E-state index contributed by atoms with van der Waals surface area (Å²) in [5.41, 5.74) is 1.39. The molecular weight excluding hydrogens is 444 g/mol. The first-order valence-electron chi connectivity index (χ1n) is 10.2. The Labute approximate surface area is 196 Å². The maximum absolute atomic E-state index is 12.9. The van der Waals surface area contributed by atoms with Gasteiger partial charge in [-0.3, -0.25) is 9.59 Å². The Balaban J connectivity index is 1.58. The minimum absolute atomic E-state index is 0.114. The molecule has 33 heavy (non-hydrogen) atoms. The second-order valence-corrected chi connectivity index (χ2v) is 7.93. The lowest BCUT2D eigenvalue weighted by atomic mass is 10.2. The zero-order valence-electron chi connectivity index (χ0n) is 18.7. The third kappa shape index (κ3) is 6.74. The molecule has 1 heterocycles. The van der Waals surface area contributed by atoms with E-state index < -0.39 is 0 Å². The third-order valence-corrected chi connectivity index (χ3v) is 5.69. The molecule has 9 nitrogen and oxygen atoms in total. The van der Waals surface area contributed by atoms with Crippen molar-refractivity contribution in [3.63, 3.8) is 0 Å². The zero-order valence-corrected chi connectivity index (χ0v) is 19.6. The molecular formula is C23H26N4O5S. The van der Waals surface area contributed by atoms with E-state index in [0.29, 0.717) is 34.6 Å². The molecule has 0 saturated heterocycles. The Kier molecular flexibility index (Phi) is 8.73. The fourth-order valence-electron chi connectivity index (χ4n) is 2.97. The molecule has 0 unspecified atom stereocenters. The molecule has 0 aliphatic heterocycles.